The number of carbonyl (C=O) groups excluding carboxylic acids is 1. The summed E-state index contributed by atoms with van der Waals surface area (Å²) >= 11 is 5.92. The van der Waals surface area contributed by atoms with Crippen molar-refractivity contribution in [3.05, 3.63) is 0 Å². The van der Waals surface area contributed by atoms with E-state index in [4.69, 9.17) is 11.6 Å². The Morgan fingerprint density at radius 2 is 2.27 bits per heavy atom. The van der Waals surface area contributed by atoms with Gasteiger partial charge in [-0.3, -0.25) is 4.79 Å². The molecule has 1 aliphatic heterocycles. The summed E-state index contributed by atoms with van der Waals surface area (Å²) in [5, 5.41) is 9.29. The largest absolute Gasteiger partial charge is 0.393 e. The first-order valence-electron chi connectivity index (χ1n) is 5.71. The molecule has 3 nitrogen and oxygen atoms in total. The molecule has 0 unspecified atom stereocenters. The van der Waals surface area contributed by atoms with E-state index in [1.165, 1.54) is 0 Å². The quantitative estimate of drug-likeness (QED) is 0.753. The van der Waals surface area contributed by atoms with Crippen LogP contribution in [0.5, 0.6) is 0 Å². The van der Waals surface area contributed by atoms with E-state index in [-0.39, 0.29) is 17.9 Å². The summed E-state index contributed by atoms with van der Waals surface area (Å²) in [5.41, 5.74) is 0. The monoisotopic (exact) mass is 233 g/mol. The predicted octanol–water partition coefficient (Wildman–Crippen LogP) is 1.62. The first-order valence-corrected chi connectivity index (χ1v) is 6.14. The van der Waals surface area contributed by atoms with Gasteiger partial charge in [-0.1, -0.05) is 13.8 Å². The van der Waals surface area contributed by atoms with Crippen LogP contribution >= 0.6 is 11.6 Å². The van der Waals surface area contributed by atoms with Crippen LogP contribution in [-0.2, 0) is 4.79 Å². The van der Waals surface area contributed by atoms with Crippen LogP contribution < -0.4 is 0 Å². The third-order valence-electron chi connectivity index (χ3n) is 3.16. The van der Waals surface area contributed by atoms with Crippen molar-refractivity contribution in [3.63, 3.8) is 0 Å². The second-order valence-electron chi connectivity index (χ2n) is 4.18. The number of aliphatic hydroxyl groups excluding tert-OH is 1. The Labute approximate surface area is 96.4 Å². The van der Waals surface area contributed by atoms with E-state index in [2.05, 4.69) is 0 Å². The summed E-state index contributed by atoms with van der Waals surface area (Å²) in [7, 11) is 0. The maximum absolute atomic E-state index is 11.8. The third-order valence-corrected chi connectivity index (χ3v) is 3.65. The number of nitrogens with zero attached hydrogens (tertiary/aromatic N) is 1. The molecule has 0 aromatic heterocycles. The number of hydrogen-bond acceptors (Lipinski definition) is 2. The van der Waals surface area contributed by atoms with Gasteiger partial charge in [-0.25, -0.2) is 0 Å². The molecular formula is C11H20ClNO2. The Balaban J connectivity index is 2.54. The van der Waals surface area contributed by atoms with Crippen molar-refractivity contribution < 1.29 is 9.90 Å². The fraction of sp³-hybridized carbons (Fsp3) is 0.909. The van der Waals surface area contributed by atoms with Crippen molar-refractivity contribution in [2.75, 3.05) is 13.1 Å². The van der Waals surface area contributed by atoms with Crippen LogP contribution in [0.3, 0.4) is 0 Å². The van der Waals surface area contributed by atoms with E-state index in [1.54, 1.807) is 4.90 Å². The summed E-state index contributed by atoms with van der Waals surface area (Å²) in [4.78, 5) is 13.6. The van der Waals surface area contributed by atoms with Crippen molar-refractivity contribution >= 4 is 17.5 Å². The summed E-state index contributed by atoms with van der Waals surface area (Å²) in [6.45, 7) is 5.24. The van der Waals surface area contributed by atoms with Crippen LogP contribution in [0.1, 0.15) is 33.1 Å². The molecule has 1 rings (SSSR count). The highest BCUT2D eigenvalue weighted by molar-refractivity contribution is 6.30. The normalized spacial score (nSPS) is 28.9. The molecule has 15 heavy (non-hydrogen) atoms. The van der Waals surface area contributed by atoms with Crippen molar-refractivity contribution in [2.45, 2.75) is 44.6 Å². The van der Waals surface area contributed by atoms with Gasteiger partial charge in [0.05, 0.1) is 6.10 Å². The van der Waals surface area contributed by atoms with E-state index in [0.717, 1.165) is 6.42 Å². The highest BCUT2D eigenvalue weighted by Gasteiger charge is 2.30. The van der Waals surface area contributed by atoms with Gasteiger partial charge in [-0.15, -0.1) is 11.6 Å². The molecule has 1 fully saturated rings. The topological polar surface area (TPSA) is 40.5 Å². The molecule has 1 N–H and O–H groups in total. The molecule has 0 spiro atoms. The van der Waals surface area contributed by atoms with Crippen molar-refractivity contribution in [3.8, 4) is 0 Å². The van der Waals surface area contributed by atoms with Crippen LogP contribution in [0.4, 0.5) is 0 Å². The second-order valence-corrected chi connectivity index (χ2v) is 4.71. The fourth-order valence-electron chi connectivity index (χ4n) is 1.99. The average molecular weight is 234 g/mol. The number of likely N-dealkylation sites (tertiary alicyclic amines) is 1. The van der Waals surface area contributed by atoms with E-state index in [0.29, 0.717) is 25.9 Å². The van der Waals surface area contributed by atoms with Crippen molar-refractivity contribution in [2.24, 2.45) is 5.92 Å². The summed E-state index contributed by atoms with van der Waals surface area (Å²) in [6.07, 6.45) is 1.99. The van der Waals surface area contributed by atoms with Crippen molar-refractivity contribution in [1.29, 1.82) is 0 Å². The molecule has 1 saturated heterocycles. The first kappa shape index (κ1) is 12.8. The molecule has 1 amide bonds. The standard InChI is InChI=1S/C11H20ClNO2/c1-3-8-7-13(6-5-10(8)14)11(15)9(12)4-2/h8-10,14H,3-7H2,1-2H3/t8-,9-,10-/m0/s1. The molecule has 0 saturated carbocycles. The maximum Gasteiger partial charge on any atom is 0.240 e. The first-order chi connectivity index (χ1) is 7.10. The van der Waals surface area contributed by atoms with Crippen LogP contribution in [0, 0.1) is 5.92 Å². The minimum atomic E-state index is -0.405. The number of alkyl halides is 1. The minimum Gasteiger partial charge on any atom is -0.393 e. The van der Waals surface area contributed by atoms with Gasteiger partial charge in [0.2, 0.25) is 5.91 Å². The second kappa shape index (κ2) is 5.71. The number of carbonyl (C=O) groups is 1. The zero-order valence-corrected chi connectivity index (χ0v) is 10.2. The van der Waals surface area contributed by atoms with E-state index in [1.807, 2.05) is 13.8 Å². The summed E-state index contributed by atoms with van der Waals surface area (Å²) in [6, 6.07) is 0. The number of amides is 1. The lowest BCUT2D eigenvalue weighted by atomic mass is 9.92. The smallest absolute Gasteiger partial charge is 0.240 e. The van der Waals surface area contributed by atoms with Gasteiger partial charge in [0.25, 0.3) is 0 Å². The molecule has 0 radical (unpaired) electrons. The number of aliphatic hydroxyl groups is 1. The lowest BCUT2D eigenvalue weighted by molar-refractivity contribution is -0.134. The molecule has 1 aliphatic rings. The van der Waals surface area contributed by atoms with E-state index >= 15 is 0 Å². The number of rotatable bonds is 3. The van der Waals surface area contributed by atoms with Gasteiger partial charge in [0, 0.05) is 19.0 Å². The molecule has 88 valence electrons. The molecule has 4 heteroatoms. The number of hydrogen-bond donors (Lipinski definition) is 1. The van der Waals surface area contributed by atoms with Gasteiger partial charge >= 0.3 is 0 Å². The zero-order chi connectivity index (χ0) is 11.4. The van der Waals surface area contributed by atoms with Gasteiger partial charge < -0.3 is 10.0 Å². The number of halogens is 1. The Bertz CT molecular complexity index is 223. The Morgan fingerprint density at radius 1 is 1.60 bits per heavy atom. The van der Waals surface area contributed by atoms with Crippen LogP contribution in [-0.4, -0.2) is 40.5 Å². The molecule has 3 atom stereocenters. The Hall–Kier alpha value is -0.280. The minimum absolute atomic E-state index is 0.0181. The van der Waals surface area contributed by atoms with Crippen LogP contribution in [0.15, 0.2) is 0 Å². The average Bonchev–Trinajstić information content (AvgIpc) is 2.27. The molecule has 0 bridgehead atoms. The summed E-state index contributed by atoms with van der Waals surface area (Å²) in [5.74, 6) is 0.230. The third kappa shape index (κ3) is 3.08. The molecule has 0 aliphatic carbocycles. The molecule has 0 aromatic carbocycles. The number of piperidine rings is 1. The Morgan fingerprint density at radius 3 is 2.80 bits per heavy atom. The van der Waals surface area contributed by atoms with Crippen LogP contribution in [0.2, 0.25) is 0 Å². The zero-order valence-electron chi connectivity index (χ0n) is 9.45. The van der Waals surface area contributed by atoms with Crippen LogP contribution in [0.25, 0.3) is 0 Å². The van der Waals surface area contributed by atoms with Gasteiger partial charge in [-0.2, -0.15) is 0 Å². The van der Waals surface area contributed by atoms with Gasteiger partial charge in [0.1, 0.15) is 5.38 Å². The summed E-state index contributed by atoms with van der Waals surface area (Å²) < 4.78 is 0. The lowest BCUT2D eigenvalue weighted by Gasteiger charge is -2.36. The van der Waals surface area contributed by atoms with E-state index < -0.39 is 5.38 Å². The highest BCUT2D eigenvalue weighted by atomic mass is 35.5. The fourth-order valence-corrected chi connectivity index (χ4v) is 2.13. The Kier molecular flexibility index (Phi) is 4.87. The highest BCUT2D eigenvalue weighted by Crippen LogP contribution is 2.21. The SMILES string of the molecule is CC[C@H]1CN(C(=O)[C@@H](Cl)CC)CC[C@@H]1O. The van der Waals surface area contributed by atoms with Gasteiger partial charge in [-0.05, 0) is 19.3 Å². The molecule has 0 aromatic rings. The van der Waals surface area contributed by atoms with E-state index in [9.17, 15) is 9.90 Å². The van der Waals surface area contributed by atoms with Crippen molar-refractivity contribution in [1.82, 2.24) is 4.90 Å². The molecule has 1 heterocycles. The maximum atomic E-state index is 11.8. The lowest BCUT2D eigenvalue weighted by Crippen LogP contribution is -2.48. The molecular weight excluding hydrogens is 214 g/mol. The predicted molar refractivity (Wildman–Crippen MR) is 60.9 cm³/mol. The van der Waals surface area contributed by atoms with Gasteiger partial charge in [0.15, 0.2) is 0 Å².